The molecule has 1 aliphatic heterocycles. The summed E-state index contributed by atoms with van der Waals surface area (Å²) < 4.78 is 7.08. The Morgan fingerprint density at radius 3 is 2.65 bits per heavy atom. The molecule has 0 aromatic carbocycles. The molecule has 2 rings (SSSR count). The lowest BCUT2D eigenvalue weighted by Gasteiger charge is -2.30. The van der Waals surface area contributed by atoms with E-state index in [1.807, 2.05) is 10.8 Å². The van der Waals surface area contributed by atoms with Crippen molar-refractivity contribution in [2.75, 3.05) is 19.7 Å². The number of morpholine rings is 1. The van der Waals surface area contributed by atoms with E-state index in [1.54, 1.807) is 12.3 Å². The van der Waals surface area contributed by atoms with Crippen LogP contribution < -0.4 is 0 Å². The van der Waals surface area contributed by atoms with Gasteiger partial charge in [0.15, 0.2) is 6.10 Å². The van der Waals surface area contributed by atoms with E-state index in [0.29, 0.717) is 12.1 Å². The van der Waals surface area contributed by atoms with Crippen molar-refractivity contribution >= 4 is 11.9 Å². The number of aromatic nitrogens is 1. The summed E-state index contributed by atoms with van der Waals surface area (Å²) in [5.41, 5.74) is 0.485. The third-order valence-corrected chi connectivity index (χ3v) is 3.34. The van der Waals surface area contributed by atoms with Crippen LogP contribution in [0.4, 0.5) is 0 Å². The molecule has 1 aromatic heterocycles. The minimum Gasteiger partial charge on any atom is -0.479 e. The van der Waals surface area contributed by atoms with Gasteiger partial charge in [-0.1, -0.05) is 0 Å². The molecule has 1 N–H and O–H groups in total. The molecule has 1 atom stereocenters. The number of carboxylic acids is 1. The molecule has 0 aliphatic carbocycles. The average Bonchev–Trinajstić information content (AvgIpc) is 2.87. The summed E-state index contributed by atoms with van der Waals surface area (Å²) in [6.45, 7) is 6.92. The van der Waals surface area contributed by atoms with Gasteiger partial charge in [-0.2, -0.15) is 0 Å². The third kappa shape index (κ3) is 3.01. The van der Waals surface area contributed by atoms with Crippen LogP contribution in [0.1, 0.15) is 31.1 Å². The van der Waals surface area contributed by atoms with Crippen LogP contribution in [0.5, 0.6) is 0 Å². The van der Waals surface area contributed by atoms with E-state index in [9.17, 15) is 9.59 Å². The van der Waals surface area contributed by atoms with E-state index in [4.69, 9.17) is 9.84 Å². The van der Waals surface area contributed by atoms with Crippen molar-refractivity contribution in [3.8, 4) is 0 Å². The van der Waals surface area contributed by atoms with Crippen LogP contribution in [0.3, 0.4) is 0 Å². The first-order valence-electron chi connectivity index (χ1n) is 6.61. The number of hydrogen-bond acceptors (Lipinski definition) is 3. The largest absolute Gasteiger partial charge is 0.479 e. The molecule has 1 aromatic rings. The van der Waals surface area contributed by atoms with E-state index in [0.717, 1.165) is 0 Å². The second kappa shape index (κ2) is 5.28. The molecule has 0 unspecified atom stereocenters. The molecule has 1 saturated heterocycles. The van der Waals surface area contributed by atoms with Crippen molar-refractivity contribution in [3.05, 3.63) is 24.0 Å². The van der Waals surface area contributed by atoms with Gasteiger partial charge in [-0.25, -0.2) is 4.79 Å². The number of nitrogens with zero attached hydrogens (tertiary/aromatic N) is 2. The molecule has 6 heteroatoms. The summed E-state index contributed by atoms with van der Waals surface area (Å²) in [6, 6.07) is 1.76. The topological polar surface area (TPSA) is 71.8 Å². The first kappa shape index (κ1) is 14.6. The zero-order valence-electron chi connectivity index (χ0n) is 12.0. The van der Waals surface area contributed by atoms with Gasteiger partial charge in [0.1, 0.15) is 0 Å². The number of ether oxygens (including phenoxy) is 1. The Morgan fingerprint density at radius 1 is 1.40 bits per heavy atom. The van der Waals surface area contributed by atoms with E-state index in [2.05, 4.69) is 20.8 Å². The molecule has 0 spiro atoms. The van der Waals surface area contributed by atoms with E-state index in [-0.39, 0.29) is 24.6 Å². The predicted octanol–water partition coefficient (Wildman–Crippen LogP) is 1.17. The highest BCUT2D eigenvalue weighted by molar-refractivity contribution is 5.94. The Bertz CT molecular complexity index is 515. The Hall–Kier alpha value is -1.82. The van der Waals surface area contributed by atoms with Crippen LogP contribution in [0.25, 0.3) is 0 Å². The lowest BCUT2D eigenvalue weighted by atomic mass is 10.1. The van der Waals surface area contributed by atoms with E-state index >= 15 is 0 Å². The fourth-order valence-electron chi connectivity index (χ4n) is 2.11. The quantitative estimate of drug-likeness (QED) is 0.882. The molecule has 0 bridgehead atoms. The molecule has 1 fully saturated rings. The first-order valence-corrected chi connectivity index (χ1v) is 6.61. The summed E-state index contributed by atoms with van der Waals surface area (Å²) in [7, 11) is 0. The molecular formula is C14H20N2O4. The lowest BCUT2D eigenvalue weighted by Crippen LogP contribution is -2.48. The second-order valence-electron chi connectivity index (χ2n) is 5.93. The van der Waals surface area contributed by atoms with Gasteiger partial charge in [-0.15, -0.1) is 0 Å². The fourth-order valence-corrected chi connectivity index (χ4v) is 2.11. The zero-order chi connectivity index (χ0) is 14.9. The maximum Gasteiger partial charge on any atom is 0.334 e. The number of amides is 1. The van der Waals surface area contributed by atoms with Gasteiger partial charge in [0.05, 0.1) is 18.7 Å². The fraction of sp³-hybridized carbons (Fsp3) is 0.571. The highest BCUT2D eigenvalue weighted by Gasteiger charge is 2.30. The summed E-state index contributed by atoms with van der Waals surface area (Å²) in [5.74, 6) is -1.18. The highest BCUT2D eigenvalue weighted by Crippen LogP contribution is 2.17. The zero-order valence-corrected chi connectivity index (χ0v) is 12.0. The Labute approximate surface area is 117 Å². The van der Waals surface area contributed by atoms with Crippen molar-refractivity contribution in [3.63, 3.8) is 0 Å². The molecular weight excluding hydrogens is 260 g/mol. The van der Waals surface area contributed by atoms with Gasteiger partial charge in [0.2, 0.25) is 0 Å². The van der Waals surface area contributed by atoms with Crippen LogP contribution in [0, 0.1) is 0 Å². The smallest absolute Gasteiger partial charge is 0.334 e. The lowest BCUT2D eigenvalue weighted by molar-refractivity contribution is -0.154. The summed E-state index contributed by atoms with van der Waals surface area (Å²) in [5, 5.41) is 8.95. The van der Waals surface area contributed by atoms with Crippen LogP contribution in [-0.2, 0) is 15.1 Å². The van der Waals surface area contributed by atoms with E-state index in [1.165, 1.54) is 4.90 Å². The molecule has 20 heavy (non-hydrogen) atoms. The van der Waals surface area contributed by atoms with Crippen LogP contribution in [-0.4, -0.2) is 52.3 Å². The third-order valence-electron chi connectivity index (χ3n) is 3.34. The average molecular weight is 280 g/mol. The monoisotopic (exact) mass is 280 g/mol. The molecule has 2 heterocycles. The number of aliphatic carboxylic acids is 1. The SMILES string of the molecule is CC(C)(C)n1ccc(C(=O)N2CCO[C@H](C(=O)O)C2)c1. The number of carbonyl (C=O) groups excluding carboxylic acids is 1. The van der Waals surface area contributed by atoms with Gasteiger partial charge < -0.3 is 19.3 Å². The molecule has 110 valence electrons. The summed E-state index contributed by atoms with van der Waals surface area (Å²) in [6.07, 6.45) is 2.73. The second-order valence-corrected chi connectivity index (χ2v) is 5.93. The highest BCUT2D eigenvalue weighted by atomic mass is 16.5. The first-order chi connectivity index (χ1) is 9.29. The van der Waals surface area contributed by atoms with Crippen molar-refractivity contribution in [1.82, 2.24) is 9.47 Å². The predicted molar refractivity (Wildman–Crippen MR) is 72.7 cm³/mol. The van der Waals surface area contributed by atoms with Crippen LogP contribution in [0.2, 0.25) is 0 Å². The number of rotatable bonds is 2. The van der Waals surface area contributed by atoms with E-state index < -0.39 is 12.1 Å². The van der Waals surface area contributed by atoms with Gasteiger partial charge in [-0.05, 0) is 26.8 Å². The Kier molecular flexibility index (Phi) is 3.85. The van der Waals surface area contributed by atoms with Gasteiger partial charge in [0, 0.05) is 24.5 Å². The Morgan fingerprint density at radius 2 is 2.10 bits per heavy atom. The molecule has 1 amide bonds. The van der Waals surface area contributed by atoms with Gasteiger partial charge in [0.25, 0.3) is 5.91 Å². The van der Waals surface area contributed by atoms with Crippen molar-refractivity contribution in [2.45, 2.75) is 32.4 Å². The van der Waals surface area contributed by atoms with Crippen molar-refractivity contribution < 1.29 is 19.4 Å². The van der Waals surface area contributed by atoms with Gasteiger partial charge >= 0.3 is 5.97 Å². The van der Waals surface area contributed by atoms with Crippen molar-refractivity contribution in [2.24, 2.45) is 0 Å². The number of carbonyl (C=O) groups is 2. The van der Waals surface area contributed by atoms with Gasteiger partial charge in [-0.3, -0.25) is 4.79 Å². The standard InChI is InChI=1S/C14H20N2O4/c1-14(2,3)16-5-4-10(8-16)12(17)15-6-7-20-11(9-15)13(18)19/h4-5,8,11H,6-7,9H2,1-3H3,(H,18,19)/t11-/m0/s1. The van der Waals surface area contributed by atoms with Crippen LogP contribution in [0.15, 0.2) is 18.5 Å². The molecule has 1 aliphatic rings. The molecule has 0 radical (unpaired) electrons. The minimum atomic E-state index is -1.03. The van der Waals surface area contributed by atoms with Crippen LogP contribution >= 0.6 is 0 Å². The Balaban J connectivity index is 2.11. The number of hydrogen-bond donors (Lipinski definition) is 1. The number of carboxylic acid groups (broad SMARTS) is 1. The minimum absolute atomic E-state index is 0.0901. The maximum atomic E-state index is 12.4. The molecule has 6 nitrogen and oxygen atoms in total. The van der Waals surface area contributed by atoms with Crippen molar-refractivity contribution in [1.29, 1.82) is 0 Å². The normalized spacial score (nSPS) is 19.9. The summed E-state index contributed by atoms with van der Waals surface area (Å²) in [4.78, 5) is 24.8. The maximum absolute atomic E-state index is 12.4. The summed E-state index contributed by atoms with van der Waals surface area (Å²) >= 11 is 0. The molecule has 0 saturated carbocycles.